The maximum atomic E-state index is 11.9. The van der Waals surface area contributed by atoms with E-state index in [1.54, 1.807) is 32.4 Å². The van der Waals surface area contributed by atoms with E-state index >= 15 is 0 Å². The van der Waals surface area contributed by atoms with Gasteiger partial charge in [0.25, 0.3) is 0 Å². The van der Waals surface area contributed by atoms with Gasteiger partial charge < -0.3 is 19.2 Å². The van der Waals surface area contributed by atoms with Crippen LogP contribution in [0.5, 0.6) is 17.2 Å². The van der Waals surface area contributed by atoms with E-state index in [2.05, 4.69) is 16.9 Å². The number of aromatic amines is 1. The lowest BCUT2D eigenvalue weighted by molar-refractivity contribution is 0.0520. The van der Waals surface area contributed by atoms with Crippen LogP contribution in [-0.2, 0) is 11.2 Å². The number of carbonyl (C=O) groups excluding carboxylic acids is 1. The van der Waals surface area contributed by atoms with E-state index in [0.29, 0.717) is 29.5 Å². The molecule has 0 spiro atoms. The molecule has 6 heteroatoms. The Morgan fingerprint density at radius 3 is 2.64 bits per heavy atom. The van der Waals surface area contributed by atoms with Crippen LogP contribution in [-0.4, -0.2) is 29.7 Å². The Kier molecular flexibility index (Phi) is 4.88. The largest absolute Gasteiger partial charge is 0.494 e. The van der Waals surface area contributed by atoms with Crippen LogP contribution in [0.2, 0.25) is 0 Å². The number of aromatic nitrogens is 2. The SMILES string of the molecule is CCOC(=O)c1cc2cc(Oc3ccc(CC)nc3)cc(OC)c2[nH]1. The Morgan fingerprint density at radius 2 is 2.00 bits per heavy atom. The van der Waals surface area contributed by atoms with Crippen molar-refractivity contribution in [1.29, 1.82) is 0 Å². The van der Waals surface area contributed by atoms with Gasteiger partial charge in [-0.15, -0.1) is 0 Å². The van der Waals surface area contributed by atoms with Gasteiger partial charge in [-0.1, -0.05) is 6.92 Å². The number of esters is 1. The molecule has 0 aliphatic rings. The van der Waals surface area contributed by atoms with Crippen molar-refractivity contribution >= 4 is 16.9 Å². The zero-order chi connectivity index (χ0) is 17.8. The van der Waals surface area contributed by atoms with Crippen LogP contribution in [0.4, 0.5) is 0 Å². The molecule has 2 heterocycles. The van der Waals surface area contributed by atoms with Crippen LogP contribution in [0.3, 0.4) is 0 Å². The molecule has 0 aliphatic heterocycles. The summed E-state index contributed by atoms with van der Waals surface area (Å²) in [4.78, 5) is 19.3. The molecule has 3 rings (SSSR count). The molecule has 6 nitrogen and oxygen atoms in total. The van der Waals surface area contributed by atoms with Gasteiger partial charge in [-0.05, 0) is 37.6 Å². The van der Waals surface area contributed by atoms with Crippen LogP contribution >= 0.6 is 0 Å². The quantitative estimate of drug-likeness (QED) is 0.684. The summed E-state index contributed by atoms with van der Waals surface area (Å²) >= 11 is 0. The van der Waals surface area contributed by atoms with Crippen molar-refractivity contribution in [3.8, 4) is 17.2 Å². The fourth-order valence-corrected chi connectivity index (χ4v) is 2.54. The molecule has 0 saturated heterocycles. The van der Waals surface area contributed by atoms with Gasteiger partial charge in [-0.2, -0.15) is 0 Å². The van der Waals surface area contributed by atoms with E-state index in [1.165, 1.54) is 0 Å². The zero-order valence-corrected chi connectivity index (χ0v) is 14.5. The maximum absolute atomic E-state index is 11.9. The van der Waals surface area contributed by atoms with E-state index in [4.69, 9.17) is 14.2 Å². The van der Waals surface area contributed by atoms with Gasteiger partial charge in [0.05, 0.1) is 25.4 Å². The Labute approximate surface area is 145 Å². The number of methoxy groups -OCH3 is 1. The fraction of sp³-hybridized carbons (Fsp3) is 0.263. The van der Waals surface area contributed by atoms with Gasteiger partial charge in [0.15, 0.2) is 0 Å². The standard InChI is InChI=1S/C19H20N2O4/c1-4-13-6-7-14(11-20-13)25-15-8-12-9-16(19(22)24-5-2)21-18(12)17(10-15)23-3/h6-11,21H,4-5H2,1-3H3. The number of hydrogen-bond acceptors (Lipinski definition) is 5. The average molecular weight is 340 g/mol. The lowest BCUT2D eigenvalue weighted by atomic mass is 10.2. The highest BCUT2D eigenvalue weighted by Gasteiger charge is 2.15. The second kappa shape index (κ2) is 7.25. The van der Waals surface area contributed by atoms with E-state index in [9.17, 15) is 4.79 Å². The molecular weight excluding hydrogens is 320 g/mol. The van der Waals surface area contributed by atoms with Crippen molar-refractivity contribution < 1.29 is 19.0 Å². The highest BCUT2D eigenvalue weighted by Crippen LogP contribution is 2.33. The summed E-state index contributed by atoms with van der Waals surface area (Å²) < 4.78 is 16.3. The normalized spacial score (nSPS) is 10.7. The summed E-state index contributed by atoms with van der Waals surface area (Å²) in [6, 6.07) is 9.14. The highest BCUT2D eigenvalue weighted by molar-refractivity contribution is 5.97. The maximum Gasteiger partial charge on any atom is 0.354 e. The first-order chi connectivity index (χ1) is 12.1. The lowest BCUT2D eigenvalue weighted by Gasteiger charge is -2.09. The number of aryl methyl sites for hydroxylation is 1. The minimum Gasteiger partial charge on any atom is -0.494 e. The Balaban J connectivity index is 1.94. The minimum atomic E-state index is -0.400. The smallest absolute Gasteiger partial charge is 0.354 e. The number of rotatable bonds is 6. The molecule has 1 N–H and O–H groups in total. The summed E-state index contributed by atoms with van der Waals surface area (Å²) in [5.74, 6) is 1.42. The molecule has 0 aliphatic carbocycles. The Bertz CT molecular complexity index is 884. The van der Waals surface area contributed by atoms with Crippen LogP contribution < -0.4 is 9.47 Å². The zero-order valence-electron chi connectivity index (χ0n) is 14.5. The summed E-state index contributed by atoms with van der Waals surface area (Å²) in [6.07, 6.45) is 2.57. The van der Waals surface area contributed by atoms with Gasteiger partial charge in [-0.3, -0.25) is 4.98 Å². The summed E-state index contributed by atoms with van der Waals surface area (Å²) in [5.41, 5.74) is 2.10. The topological polar surface area (TPSA) is 73.4 Å². The van der Waals surface area contributed by atoms with Gasteiger partial charge in [0.1, 0.15) is 22.9 Å². The van der Waals surface area contributed by atoms with Gasteiger partial charge >= 0.3 is 5.97 Å². The third-order valence-corrected chi connectivity index (χ3v) is 3.78. The van der Waals surface area contributed by atoms with Crippen molar-refractivity contribution in [3.63, 3.8) is 0 Å². The molecule has 3 aromatic rings. The molecule has 0 fully saturated rings. The predicted molar refractivity (Wildman–Crippen MR) is 94.5 cm³/mol. The molecule has 0 radical (unpaired) electrons. The summed E-state index contributed by atoms with van der Waals surface area (Å²) in [7, 11) is 1.57. The average Bonchev–Trinajstić information content (AvgIpc) is 3.06. The first-order valence-corrected chi connectivity index (χ1v) is 8.15. The number of pyridine rings is 1. The molecule has 0 atom stereocenters. The van der Waals surface area contributed by atoms with Crippen LogP contribution in [0.25, 0.3) is 10.9 Å². The Morgan fingerprint density at radius 1 is 1.16 bits per heavy atom. The van der Waals surface area contributed by atoms with Gasteiger partial charge in [-0.25, -0.2) is 4.79 Å². The number of nitrogens with zero attached hydrogens (tertiary/aromatic N) is 1. The molecule has 0 saturated carbocycles. The van der Waals surface area contributed by atoms with E-state index in [-0.39, 0.29) is 0 Å². The molecule has 1 aromatic carbocycles. The van der Waals surface area contributed by atoms with Crippen molar-refractivity contribution in [1.82, 2.24) is 9.97 Å². The molecule has 2 aromatic heterocycles. The second-order valence-corrected chi connectivity index (χ2v) is 5.43. The molecule has 0 bridgehead atoms. The Hall–Kier alpha value is -3.02. The molecule has 0 unspecified atom stereocenters. The van der Waals surface area contributed by atoms with Crippen molar-refractivity contribution in [2.24, 2.45) is 0 Å². The number of H-pyrrole nitrogens is 1. The lowest BCUT2D eigenvalue weighted by Crippen LogP contribution is -2.04. The molecular formula is C19H20N2O4. The third-order valence-electron chi connectivity index (χ3n) is 3.78. The molecule has 130 valence electrons. The first kappa shape index (κ1) is 16.8. The minimum absolute atomic E-state index is 0.320. The molecule has 0 amide bonds. The van der Waals surface area contributed by atoms with Crippen LogP contribution in [0.1, 0.15) is 30.0 Å². The number of fused-ring (bicyclic) bond motifs is 1. The van der Waals surface area contributed by atoms with E-state index in [0.717, 1.165) is 23.0 Å². The highest BCUT2D eigenvalue weighted by atomic mass is 16.5. The second-order valence-electron chi connectivity index (χ2n) is 5.43. The van der Waals surface area contributed by atoms with Crippen molar-refractivity contribution in [3.05, 3.63) is 47.9 Å². The number of benzene rings is 1. The number of ether oxygens (including phenoxy) is 3. The van der Waals surface area contributed by atoms with E-state index < -0.39 is 5.97 Å². The van der Waals surface area contributed by atoms with Crippen molar-refractivity contribution in [2.45, 2.75) is 20.3 Å². The van der Waals surface area contributed by atoms with Gasteiger partial charge in [0, 0.05) is 17.1 Å². The monoisotopic (exact) mass is 340 g/mol. The summed E-state index contributed by atoms with van der Waals surface area (Å²) in [6.45, 7) is 4.14. The fourth-order valence-electron chi connectivity index (χ4n) is 2.54. The van der Waals surface area contributed by atoms with Crippen LogP contribution in [0.15, 0.2) is 36.5 Å². The van der Waals surface area contributed by atoms with E-state index in [1.807, 2.05) is 18.2 Å². The predicted octanol–water partition coefficient (Wildman–Crippen LogP) is 4.10. The van der Waals surface area contributed by atoms with Crippen molar-refractivity contribution in [2.75, 3.05) is 13.7 Å². The first-order valence-electron chi connectivity index (χ1n) is 8.15. The number of hydrogen-bond donors (Lipinski definition) is 1. The van der Waals surface area contributed by atoms with Gasteiger partial charge in [0.2, 0.25) is 0 Å². The number of carbonyl (C=O) groups is 1. The third kappa shape index (κ3) is 3.57. The molecule has 25 heavy (non-hydrogen) atoms. The summed E-state index contributed by atoms with van der Waals surface area (Å²) in [5, 5.41) is 0.801. The van der Waals surface area contributed by atoms with Crippen LogP contribution in [0, 0.1) is 0 Å². The number of nitrogens with one attached hydrogen (secondary N) is 1.